The number of esters is 1. The van der Waals surface area contributed by atoms with E-state index in [4.69, 9.17) is 49.5 Å². The molecule has 328 valence electrons. The molecular weight excluding hydrogens is 774 g/mol. The van der Waals surface area contributed by atoms with Gasteiger partial charge in [-0.25, -0.2) is 0 Å². The molecule has 6 unspecified atom stereocenters. The number of nitrogens with zero attached hydrogens (tertiary/aromatic N) is 1. The highest BCUT2D eigenvalue weighted by molar-refractivity contribution is 6.30. The van der Waals surface area contributed by atoms with Gasteiger partial charge in [0.05, 0.1) is 30.8 Å². The normalized spacial score (nSPS) is 41.8. The number of Topliss-reactive ketones (excluding diaryl/α,β-unsaturated/α-hetero) is 1. The van der Waals surface area contributed by atoms with Crippen LogP contribution >= 0.6 is 11.6 Å². The summed E-state index contributed by atoms with van der Waals surface area (Å²) in [5.74, 6) is -0.932. The van der Waals surface area contributed by atoms with Gasteiger partial charge in [0, 0.05) is 50.1 Å². The van der Waals surface area contributed by atoms with Crippen LogP contribution in [0.15, 0.2) is 47.6 Å². The molecule has 0 bridgehead atoms. The number of hydrogen-bond acceptors (Lipinski definition) is 11. The fourth-order valence-electron chi connectivity index (χ4n) is 11.5. The van der Waals surface area contributed by atoms with E-state index < -0.39 is 18.3 Å². The van der Waals surface area contributed by atoms with Crippen molar-refractivity contribution in [3.63, 3.8) is 0 Å². The molecule has 3 aliphatic heterocycles. The van der Waals surface area contributed by atoms with Crippen LogP contribution in [0.5, 0.6) is 0 Å². The van der Waals surface area contributed by atoms with Crippen LogP contribution in [0.4, 0.5) is 0 Å². The number of carbonyl (C=O) groups excluding carboxylic acids is 2. The van der Waals surface area contributed by atoms with E-state index >= 15 is 4.79 Å². The number of methoxy groups -OCH3 is 3. The Kier molecular flexibility index (Phi) is 14.8. The molecule has 3 aliphatic carbocycles. The highest BCUT2D eigenvalue weighted by Gasteiger charge is 2.54. The summed E-state index contributed by atoms with van der Waals surface area (Å²) in [6, 6.07) is 8.34. The maximum absolute atomic E-state index is 15.1. The van der Waals surface area contributed by atoms with Gasteiger partial charge in [-0.1, -0.05) is 55.3 Å². The lowest BCUT2D eigenvalue weighted by Gasteiger charge is -2.44. The van der Waals surface area contributed by atoms with Crippen molar-refractivity contribution in [3.05, 3.63) is 58.1 Å². The SMILES string of the molecule is CC[C@H]1CCC[C@H](O[C@H]2CC[C@H](N(C)C)C(C)O2)[C@@H](C)C(=O)C2=C[C@@H]3C(C(c4ccc(Cl)cc4)C=C4C[C@@H](O[C@@H]5OC(C)[C@H](OC)C(OC)C5OC)C[C@H]43)[C@@H]2CC(=O)O1. The fourth-order valence-corrected chi connectivity index (χ4v) is 11.6. The minimum atomic E-state index is -0.651. The number of carbonyl (C=O) groups is 2. The molecule has 17 atom stereocenters. The van der Waals surface area contributed by atoms with Gasteiger partial charge in [0.15, 0.2) is 18.4 Å². The van der Waals surface area contributed by atoms with E-state index in [9.17, 15) is 4.79 Å². The second-order valence-electron chi connectivity index (χ2n) is 18.2. The predicted molar refractivity (Wildman–Crippen MR) is 224 cm³/mol. The van der Waals surface area contributed by atoms with Crippen LogP contribution in [0.3, 0.4) is 0 Å². The summed E-state index contributed by atoms with van der Waals surface area (Å²) in [4.78, 5) is 31.3. The third-order valence-corrected chi connectivity index (χ3v) is 14.8. The lowest BCUT2D eigenvalue weighted by Crippen LogP contribution is -2.59. The number of allylic oxidation sites excluding steroid dienone is 3. The Morgan fingerprint density at radius 3 is 2.20 bits per heavy atom. The first-order chi connectivity index (χ1) is 28.3. The largest absolute Gasteiger partial charge is 0.462 e. The van der Waals surface area contributed by atoms with Crippen molar-refractivity contribution < 1.29 is 47.5 Å². The Labute approximate surface area is 356 Å². The summed E-state index contributed by atoms with van der Waals surface area (Å²) in [6.07, 6.45) is 7.75. The van der Waals surface area contributed by atoms with Gasteiger partial charge < -0.3 is 42.8 Å². The Balaban J connectivity index is 1.21. The average Bonchev–Trinajstić information content (AvgIpc) is 3.79. The fraction of sp³-hybridized carbons (Fsp3) is 0.745. The topological polar surface area (TPSA) is 111 Å². The van der Waals surface area contributed by atoms with Crippen LogP contribution < -0.4 is 0 Å². The summed E-state index contributed by atoms with van der Waals surface area (Å²) in [6.45, 7) is 8.16. The summed E-state index contributed by atoms with van der Waals surface area (Å²) in [5, 5.41) is 0.662. The van der Waals surface area contributed by atoms with E-state index in [0.29, 0.717) is 17.5 Å². The van der Waals surface area contributed by atoms with Gasteiger partial charge in [-0.2, -0.15) is 0 Å². The van der Waals surface area contributed by atoms with E-state index in [0.717, 1.165) is 56.1 Å². The molecule has 1 saturated carbocycles. The number of likely N-dealkylation sites (N-methyl/N-ethyl adjacent to an activating group) is 1. The van der Waals surface area contributed by atoms with E-state index in [1.807, 2.05) is 26.0 Å². The number of benzene rings is 1. The number of ketones is 1. The molecule has 0 aromatic heterocycles. The van der Waals surface area contributed by atoms with Crippen LogP contribution in [0.1, 0.15) is 97.0 Å². The highest BCUT2D eigenvalue weighted by Crippen LogP contribution is 2.59. The summed E-state index contributed by atoms with van der Waals surface area (Å²) < 4.78 is 50.3. The Morgan fingerprint density at radius 1 is 0.814 bits per heavy atom. The summed E-state index contributed by atoms with van der Waals surface area (Å²) in [7, 11) is 9.14. The van der Waals surface area contributed by atoms with Crippen molar-refractivity contribution in [3.8, 4) is 0 Å². The lowest BCUT2D eigenvalue weighted by atomic mass is 9.64. The lowest BCUT2D eigenvalue weighted by molar-refractivity contribution is -0.314. The van der Waals surface area contributed by atoms with Gasteiger partial charge in [-0.3, -0.25) is 9.59 Å². The molecular formula is C47H68ClNO10. The second kappa shape index (κ2) is 19.5. The van der Waals surface area contributed by atoms with Crippen LogP contribution in [0, 0.1) is 29.6 Å². The quantitative estimate of drug-likeness (QED) is 0.171. The van der Waals surface area contributed by atoms with Gasteiger partial charge in [-0.15, -0.1) is 0 Å². The van der Waals surface area contributed by atoms with E-state index in [2.05, 4.69) is 57.1 Å². The maximum Gasteiger partial charge on any atom is 0.306 e. The molecule has 0 amide bonds. The average molecular weight is 843 g/mol. The third-order valence-electron chi connectivity index (χ3n) is 14.5. The molecule has 7 rings (SSSR count). The standard InChI is InChI=1S/C47H68ClNO10/c1-10-31-12-11-13-39(59-41-19-18-38(49(5)6)26(3)55-41)25(2)43(51)37-23-35-33-22-32(58-47-46(54-9)45(53-8)44(52-7)27(4)56-47)20-29(33)21-34(28-14-16-30(48)17-15-28)42(35)36(37)24-40(50)57-31/h14-17,21,23,25-27,31-36,38-39,41-42,44-47H,10-13,18-20,22,24H2,1-9H3/t25-,26?,27?,31+,32-,33-,34?,35+,36-,38+,39+,41+,42?,44+,45?,46?,47+/m1/s1. The minimum Gasteiger partial charge on any atom is -0.462 e. The van der Waals surface area contributed by atoms with Gasteiger partial charge in [0.2, 0.25) is 0 Å². The Morgan fingerprint density at radius 2 is 1.54 bits per heavy atom. The highest BCUT2D eigenvalue weighted by atomic mass is 35.5. The zero-order valence-electron chi connectivity index (χ0n) is 36.6. The number of halogens is 1. The smallest absolute Gasteiger partial charge is 0.306 e. The van der Waals surface area contributed by atoms with Crippen molar-refractivity contribution in [1.82, 2.24) is 4.90 Å². The first-order valence-electron chi connectivity index (χ1n) is 22.1. The van der Waals surface area contributed by atoms with Gasteiger partial charge in [-0.05, 0) is 120 Å². The first-order valence-corrected chi connectivity index (χ1v) is 22.5. The van der Waals surface area contributed by atoms with Gasteiger partial charge in [0.25, 0.3) is 0 Å². The second-order valence-corrected chi connectivity index (χ2v) is 18.6. The maximum atomic E-state index is 15.1. The Hall–Kier alpha value is -2.19. The van der Waals surface area contributed by atoms with E-state index in [-0.39, 0.29) is 96.8 Å². The molecule has 0 spiro atoms. The first kappa shape index (κ1) is 44.9. The van der Waals surface area contributed by atoms with Crippen molar-refractivity contribution in [2.45, 2.75) is 159 Å². The van der Waals surface area contributed by atoms with Crippen molar-refractivity contribution in [1.29, 1.82) is 0 Å². The van der Waals surface area contributed by atoms with Crippen molar-refractivity contribution >= 4 is 23.4 Å². The molecule has 59 heavy (non-hydrogen) atoms. The molecule has 3 saturated heterocycles. The zero-order chi connectivity index (χ0) is 42.1. The van der Waals surface area contributed by atoms with Crippen LogP contribution in [0.2, 0.25) is 5.02 Å². The molecule has 11 nitrogen and oxygen atoms in total. The van der Waals surface area contributed by atoms with Gasteiger partial charge in [0.1, 0.15) is 24.4 Å². The number of cyclic esters (lactones) is 1. The summed E-state index contributed by atoms with van der Waals surface area (Å²) >= 11 is 6.43. The number of ether oxygens (including phenoxy) is 8. The predicted octanol–water partition coefficient (Wildman–Crippen LogP) is 7.68. The van der Waals surface area contributed by atoms with Crippen molar-refractivity contribution in [2.24, 2.45) is 29.6 Å². The van der Waals surface area contributed by atoms with E-state index in [1.165, 1.54) is 5.57 Å². The van der Waals surface area contributed by atoms with Crippen molar-refractivity contribution in [2.75, 3.05) is 35.4 Å². The molecule has 12 heteroatoms. The molecule has 1 aromatic carbocycles. The molecule has 1 aromatic rings. The van der Waals surface area contributed by atoms with Gasteiger partial charge >= 0.3 is 5.97 Å². The molecule has 4 fully saturated rings. The Bertz CT molecular complexity index is 1670. The molecule has 0 radical (unpaired) electrons. The number of fused-ring (bicyclic) bond motifs is 5. The molecule has 6 aliphatic rings. The van der Waals surface area contributed by atoms with Crippen LogP contribution in [0.25, 0.3) is 0 Å². The summed E-state index contributed by atoms with van der Waals surface area (Å²) in [5.41, 5.74) is 3.14. The van der Waals surface area contributed by atoms with E-state index in [1.54, 1.807) is 21.3 Å². The molecule has 3 heterocycles. The monoisotopic (exact) mass is 841 g/mol. The van der Waals surface area contributed by atoms with Crippen LogP contribution in [-0.2, 0) is 47.5 Å². The molecule has 0 N–H and O–H groups in total. The number of hydrogen-bond donors (Lipinski definition) is 0. The third kappa shape index (κ3) is 9.44. The minimum absolute atomic E-state index is 0.000735. The zero-order valence-corrected chi connectivity index (χ0v) is 37.3. The van der Waals surface area contributed by atoms with Crippen LogP contribution in [-0.4, -0.2) is 120 Å². The number of rotatable bonds is 10.